The molecule has 0 saturated heterocycles. The normalized spacial score (nSPS) is 13.6. The number of hydrogen-bond donors (Lipinski definition) is 1. The summed E-state index contributed by atoms with van der Waals surface area (Å²) in [7, 11) is -3.15. The van der Waals surface area contributed by atoms with Gasteiger partial charge in [-0.15, -0.1) is 0 Å². The molecule has 0 fully saturated rings. The van der Waals surface area contributed by atoms with E-state index in [4.69, 9.17) is 17.3 Å². The van der Waals surface area contributed by atoms with Gasteiger partial charge in [-0.2, -0.15) is 0 Å². The van der Waals surface area contributed by atoms with E-state index < -0.39 is 9.84 Å². The summed E-state index contributed by atoms with van der Waals surface area (Å²) in [5.41, 5.74) is 7.11. The number of rotatable bonds is 5. The number of sulfone groups is 1. The zero-order valence-corrected chi connectivity index (χ0v) is 11.7. The van der Waals surface area contributed by atoms with E-state index in [2.05, 4.69) is 0 Å². The predicted molar refractivity (Wildman–Crippen MR) is 71.9 cm³/mol. The lowest BCUT2D eigenvalue weighted by atomic mass is 10.2. The van der Waals surface area contributed by atoms with Crippen molar-refractivity contribution in [2.24, 2.45) is 11.7 Å². The van der Waals surface area contributed by atoms with Crippen LogP contribution in [0.3, 0.4) is 0 Å². The van der Waals surface area contributed by atoms with Crippen molar-refractivity contribution in [1.29, 1.82) is 0 Å². The molecule has 1 aromatic carbocycles. The Morgan fingerprint density at radius 2 is 2.06 bits per heavy atom. The highest BCUT2D eigenvalue weighted by molar-refractivity contribution is 7.90. The largest absolute Gasteiger partial charge is 0.330 e. The molecule has 0 saturated carbocycles. The van der Waals surface area contributed by atoms with Crippen LogP contribution in [0.4, 0.5) is 0 Å². The average molecular weight is 276 g/mol. The maximum absolute atomic E-state index is 11.9. The Labute approximate surface area is 108 Å². The Morgan fingerprint density at radius 3 is 2.59 bits per heavy atom. The number of hydrogen-bond acceptors (Lipinski definition) is 3. The number of aryl methyl sites for hydroxylation is 1. The van der Waals surface area contributed by atoms with Crippen LogP contribution in [0.5, 0.6) is 0 Å². The van der Waals surface area contributed by atoms with Gasteiger partial charge >= 0.3 is 0 Å². The molecular weight excluding hydrogens is 258 g/mol. The molecule has 5 heteroatoms. The molecule has 17 heavy (non-hydrogen) atoms. The Kier molecular flexibility index (Phi) is 4.98. The van der Waals surface area contributed by atoms with Gasteiger partial charge in [0.1, 0.15) is 0 Å². The van der Waals surface area contributed by atoms with Crippen LogP contribution in [0.2, 0.25) is 5.02 Å². The van der Waals surface area contributed by atoms with Gasteiger partial charge in [0, 0.05) is 5.02 Å². The molecular formula is C12H18ClNO2S. The topological polar surface area (TPSA) is 60.2 Å². The lowest BCUT2D eigenvalue weighted by Crippen LogP contribution is -2.22. The first-order valence-electron chi connectivity index (χ1n) is 5.49. The number of benzene rings is 1. The van der Waals surface area contributed by atoms with E-state index in [-0.39, 0.29) is 17.4 Å². The van der Waals surface area contributed by atoms with Crippen molar-refractivity contribution < 1.29 is 8.42 Å². The quantitative estimate of drug-likeness (QED) is 0.896. The molecule has 0 amide bonds. The maximum atomic E-state index is 11.9. The zero-order valence-electron chi connectivity index (χ0n) is 10.1. The minimum absolute atomic E-state index is 0.0174. The third-order valence-electron chi connectivity index (χ3n) is 2.52. The zero-order chi connectivity index (χ0) is 13.1. The van der Waals surface area contributed by atoms with Crippen molar-refractivity contribution in [1.82, 2.24) is 0 Å². The molecule has 96 valence electrons. The lowest BCUT2D eigenvalue weighted by Gasteiger charge is -2.10. The second kappa shape index (κ2) is 5.85. The Balaban J connectivity index is 2.83. The van der Waals surface area contributed by atoms with Crippen molar-refractivity contribution in [3.8, 4) is 0 Å². The lowest BCUT2D eigenvalue weighted by molar-refractivity contribution is 0.573. The summed E-state index contributed by atoms with van der Waals surface area (Å²) in [6.07, 6.45) is 0. The second-order valence-electron chi connectivity index (χ2n) is 4.49. The van der Waals surface area contributed by atoms with Gasteiger partial charge in [-0.3, -0.25) is 0 Å². The summed E-state index contributed by atoms with van der Waals surface area (Å²) in [4.78, 5) is 0. The number of halogens is 1. The van der Waals surface area contributed by atoms with Gasteiger partial charge in [-0.1, -0.05) is 30.7 Å². The standard InChI is InChI=1S/C12H18ClNO2S/c1-9-3-4-11(12(13)5-9)8-17(15,16)7-10(2)6-14/h3-5,10H,6-8,14H2,1-2H3. The first-order chi connectivity index (χ1) is 7.84. The average Bonchev–Trinajstić information content (AvgIpc) is 2.21. The van der Waals surface area contributed by atoms with Gasteiger partial charge in [0.25, 0.3) is 0 Å². The minimum atomic E-state index is -3.15. The second-order valence-corrected chi connectivity index (χ2v) is 7.01. The summed E-state index contributed by atoms with van der Waals surface area (Å²) in [6, 6.07) is 5.41. The molecule has 1 rings (SSSR count). The molecule has 0 aromatic heterocycles. The van der Waals surface area contributed by atoms with Crippen LogP contribution in [-0.2, 0) is 15.6 Å². The highest BCUT2D eigenvalue weighted by atomic mass is 35.5. The predicted octanol–water partition coefficient (Wildman–Crippen LogP) is 2.16. The smallest absolute Gasteiger partial charge is 0.154 e. The van der Waals surface area contributed by atoms with Crippen LogP contribution in [0.15, 0.2) is 18.2 Å². The minimum Gasteiger partial charge on any atom is -0.330 e. The molecule has 0 bridgehead atoms. The van der Waals surface area contributed by atoms with Crippen LogP contribution in [0, 0.1) is 12.8 Å². The van der Waals surface area contributed by atoms with Crippen molar-refractivity contribution >= 4 is 21.4 Å². The van der Waals surface area contributed by atoms with Crippen LogP contribution < -0.4 is 5.73 Å². The van der Waals surface area contributed by atoms with E-state index in [0.717, 1.165) is 5.56 Å². The first kappa shape index (κ1) is 14.5. The molecule has 1 atom stereocenters. The molecule has 3 nitrogen and oxygen atoms in total. The molecule has 1 aromatic rings. The van der Waals surface area contributed by atoms with Gasteiger partial charge in [0.05, 0.1) is 11.5 Å². The van der Waals surface area contributed by atoms with Crippen molar-refractivity contribution in [3.63, 3.8) is 0 Å². The van der Waals surface area contributed by atoms with E-state index in [1.54, 1.807) is 12.1 Å². The fraction of sp³-hybridized carbons (Fsp3) is 0.500. The van der Waals surface area contributed by atoms with Crippen molar-refractivity contribution in [2.75, 3.05) is 12.3 Å². The van der Waals surface area contributed by atoms with Gasteiger partial charge < -0.3 is 5.73 Å². The maximum Gasteiger partial charge on any atom is 0.154 e. The molecule has 0 aliphatic carbocycles. The molecule has 0 heterocycles. The molecule has 2 N–H and O–H groups in total. The van der Waals surface area contributed by atoms with Crippen LogP contribution in [0.1, 0.15) is 18.1 Å². The van der Waals surface area contributed by atoms with Crippen LogP contribution in [-0.4, -0.2) is 20.7 Å². The van der Waals surface area contributed by atoms with Crippen LogP contribution in [0.25, 0.3) is 0 Å². The molecule has 0 radical (unpaired) electrons. The van der Waals surface area contributed by atoms with E-state index in [9.17, 15) is 8.42 Å². The molecule has 0 aliphatic heterocycles. The number of nitrogens with two attached hydrogens (primary N) is 1. The van der Waals surface area contributed by atoms with Gasteiger partial charge in [-0.25, -0.2) is 8.42 Å². The highest BCUT2D eigenvalue weighted by Crippen LogP contribution is 2.20. The SMILES string of the molecule is Cc1ccc(CS(=O)(=O)CC(C)CN)c(Cl)c1. The summed E-state index contributed by atoms with van der Waals surface area (Å²) < 4.78 is 23.8. The van der Waals surface area contributed by atoms with Gasteiger partial charge in [0.2, 0.25) is 0 Å². The van der Waals surface area contributed by atoms with Gasteiger partial charge in [-0.05, 0) is 36.6 Å². The van der Waals surface area contributed by atoms with E-state index >= 15 is 0 Å². The van der Waals surface area contributed by atoms with Gasteiger partial charge in [0.15, 0.2) is 9.84 Å². The monoisotopic (exact) mass is 275 g/mol. The Morgan fingerprint density at radius 1 is 1.41 bits per heavy atom. The summed E-state index contributed by atoms with van der Waals surface area (Å²) in [6.45, 7) is 4.12. The van der Waals surface area contributed by atoms with Crippen LogP contribution >= 0.6 is 11.6 Å². The van der Waals surface area contributed by atoms with Crippen molar-refractivity contribution in [3.05, 3.63) is 34.3 Å². The third-order valence-corrected chi connectivity index (χ3v) is 4.70. The summed E-state index contributed by atoms with van der Waals surface area (Å²) in [5.74, 6) is 0.0636. The third kappa shape index (κ3) is 4.66. The highest BCUT2D eigenvalue weighted by Gasteiger charge is 2.17. The Hall–Kier alpha value is -0.580. The Bertz CT molecular complexity index is 485. The fourth-order valence-electron chi connectivity index (χ4n) is 1.57. The molecule has 0 spiro atoms. The first-order valence-corrected chi connectivity index (χ1v) is 7.69. The fourth-order valence-corrected chi connectivity index (χ4v) is 3.79. The summed E-state index contributed by atoms with van der Waals surface area (Å²) in [5, 5.41) is 0.508. The summed E-state index contributed by atoms with van der Waals surface area (Å²) >= 11 is 6.02. The molecule has 1 unspecified atom stereocenters. The van der Waals surface area contributed by atoms with E-state index in [0.29, 0.717) is 17.1 Å². The van der Waals surface area contributed by atoms with E-state index in [1.807, 2.05) is 19.9 Å². The van der Waals surface area contributed by atoms with Crippen molar-refractivity contribution in [2.45, 2.75) is 19.6 Å². The van der Waals surface area contributed by atoms with E-state index in [1.165, 1.54) is 0 Å². The molecule has 0 aliphatic rings.